The van der Waals surface area contributed by atoms with Gasteiger partial charge in [0.15, 0.2) is 12.2 Å². The molecule has 0 spiro atoms. The predicted octanol–water partition coefficient (Wildman–Crippen LogP) is 5.00. The molecule has 0 aliphatic carbocycles. The van der Waals surface area contributed by atoms with Gasteiger partial charge in [-0.15, -0.1) is 0 Å². The van der Waals surface area contributed by atoms with Crippen molar-refractivity contribution in [3.8, 4) is 0 Å². The Morgan fingerprint density at radius 1 is 0.676 bits per heavy atom. The molecular weight excluding hydrogens is 452 g/mol. The monoisotopic (exact) mass is 490 g/mol. The van der Waals surface area contributed by atoms with Crippen LogP contribution in [-0.4, -0.2) is 41.1 Å². The molecule has 0 saturated heterocycles. The summed E-state index contributed by atoms with van der Waals surface area (Å²) in [5.41, 5.74) is -1.25. The van der Waals surface area contributed by atoms with Gasteiger partial charge in [0, 0.05) is 0 Å². The van der Waals surface area contributed by atoms with Crippen molar-refractivity contribution in [1.82, 2.24) is 0 Å². The minimum atomic E-state index is -1.46. The van der Waals surface area contributed by atoms with Gasteiger partial charge in [-0.3, -0.25) is 19.4 Å². The topological polar surface area (TPSA) is 125 Å². The lowest BCUT2D eigenvalue weighted by atomic mass is 10.0. The Morgan fingerprint density at radius 3 is 1.29 bits per heavy atom. The SMILES string of the molecule is C=C(OOC(C)(C)CCC)C(=O)C(C)OOC(=O)OOC(C)C(=O)C(=C)OOC(C)(C)CCC. The minimum absolute atomic E-state index is 0.341. The number of carbonyl (C=O) groups excluding carboxylic acids is 3. The minimum Gasteiger partial charge on any atom is -0.334 e. The van der Waals surface area contributed by atoms with E-state index >= 15 is 0 Å². The molecule has 0 saturated carbocycles. The molecule has 11 heteroatoms. The molecule has 0 aliphatic heterocycles. The van der Waals surface area contributed by atoms with Crippen molar-refractivity contribution in [2.45, 2.75) is 104 Å². The van der Waals surface area contributed by atoms with E-state index in [0.29, 0.717) is 12.8 Å². The molecule has 0 heterocycles. The average molecular weight is 491 g/mol. The summed E-state index contributed by atoms with van der Waals surface area (Å²) in [5, 5.41) is 0. The lowest BCUT2D eigenvalue weighted by molar-refractivity contribution is -0.342. The summed E-state index contributed by atoms with van der Waals surface area (Å²) in [6, 6.07) is 0. The second-order valence-corrected chi connectivity index (χ2v) is 8.82. The molecule has 2 atom stereocenters. The van der Waals surface area contributed by atoms with Crippen molar-refractivity contribution in [3.05, 3.63) is 24.7 Å². The van der Waals surface area contributed by atoms with Gasteiger partial charge >= 0.3 is 6.16 Å². The summed E-state index contributed by atoms with van der Waals surface area (Å²) in [6.07, 6.45) is -0.935. The number of hydrogen-bond acceptors (Lipinski definition) is 11. The second-order valence-electron chi connectivity index (χ2n) is 8.82. The summed E-state index contributed by atoms with van der Waals surface area (Å²) < 4.78 is 0. The summed E-state index contributed by atoms with van der Waals surface area (Å²) in [7, 11) is 0. The highest BCUT2D eigenvalue weighted by Gasteiger charge is 2.28. The zero-order valence-electron chi connectivity index (χ0n) is 21.4. The van der Waals surface area contributed by atoms with Crippen LogP contribution in [0.15, 0.2) is 24.7 Å². The Kier molecular flexibility index (Phi) is 13.6. The molecular formula is C23H38O11. The van der Waals surface area contributed by atoms with Crippen LogP contribution in [0, 0.1) is 0 Å². The molecule has 0 aromatic rings. The Hall–Kier alpha value is -2.47. The first-order chi connectivity index (χ1) is 15.7. The van der Waals surface area contributed by atoms with Crippen molar-refractivity contribution in [2.75, 3.05) is 0 Å². The maximum Gasteiger partial charge on any atom is 0.573 e. The molecule has 0 aromatic heterocycles. The van der Waals surface area contributed by atoms with E-state index in [9.17, 15) is 14.4 Å². The smallest absolute Gasteiger partial charge is 0.334 e. The number of carbonyl (C=O) groups is 3. The number of Topliss-reactive ketones (excluding diaryl/α,β-unsaturated/α-hetero) is 2. The Bertz CT molecular complexity index is 654. The molecule has 11 nitrogen and oxygen atoms in total. The number of ketones is 2. The fourth-order valence-corrected chi connectivity index (χ4v) is 2.47. The van der Waals surface area contributed by atoms with Crippen LogP contribution in [0.3, 0.4) is 0 Å². The van der Waals surface area contributed by atoms with Gasteiger partial charge in [-0.2, -0.15) is 24.3 Å². The molecule has 0 aliphatic rings. The van der Waals surface area contributed by atoms with Gasteiger partial charge in [0.25, 0.3) is 0 Å². The average Bonchev–Trinajstić information content (AvgIpc) is 2.76. The van der Waals surface area contributed by atoms with Gasteiger partial charge in [0.05, 0.1) is 0 Å². The fourth-order valence-electron chi connectivity index (χ4n) is 2.47. The van der Waals surface area contributed by atoms with Crippen LogP contribution in [0.4, 0.5) is 4.79 Å². The van der Waals surface area contributed by atoms with E-state index < -0.39 is 41.1 Å². The first-order valence-electron chi connectivity index (χ1n) is 11.0. The second kappa shape index (κ2) is 14.7. The zero-order valence-corrected chi connectivity index (χ0v) is 21.4. The van der Waals surface area contributed by atoms with Crippen molar-refractivity contribution in [2.24, 2.45) is 0 Å². The van der Waals surface area contributed by atoms with Crippen LogP contribution < -0.4 is 0 Å². The third kappa shape index (κ3) is 12.7. The van der Waals surface area contributed by atoms with Crippen LogP contribution in [0.25, 0.3) is 0 Å². The molecule has 34 heavy (non-hydrogen) atoms. The van der Waals surface area contributed by atoms with Gasteiger partial charge in [-0.25, -0.2) is 0 Å². The third-order valence-electron chi connectivity index (χ3n) is 4.25. The molecule has 2 unspecified atom stereocenters. The van der Waals surface area contributed by atoms with Crippen molar-refractivity contribution in [3.63, 3.8) is 0 Å². The zero-order chi connectivity index (χ0) is 26.5. The highest BCUT2D eigenvalue weighted by molar-refractivity contribution is 5.96. The molecule has 0 fully saturated rings. The van der Waals surface area contributed by atoms with E-state index in [1.807, 2.05) is 13.8 Å². The standard InChI is InChI=1S/C23H38O11/c1-11-13-22(7,8)33-29-17(5)19(24)15(3)27-31-21(26)32-28-16(4)20(25)18(6)30-34-23(9,10)14-12-2/h15-16H,5-6,11-14H2,1-4,7-10H3. The third-order valence-corrected chi connectivity index (χ3v) is 4.25. The van der Waals surface area contributed by atoms with E-state index in [0.717, 1.165) is 12.8 Å². The lowest BCUT2D eigenvalue weighted by Gasteiger charge is -2.23. The fraction of sp³-hybridized carbons (Fsp3) is 0.696. The first-order valence-corrected chi connectivity index (χ1v) is 11.0. The van der Waals surface area contributed by atoms with Crippen LogP contribution in [-0.2, 0) is 48.7 Å². The van der Waals surface area contributed by atoms with Crippen molar-refractivity contribution >= 4 is 17.7 Å². The Balaban J connectivity index is 4.39. The highest BCUT2D eigenvalue weighted by Crippen LogP contribution is 2.20. The van der Waals surface area contributed by atoms with Crippen LogP contribution in [0.5, 0.6) is 0 Å². The van der Waals surface area contributed by atoms with Gasteiger partial charge in [0.2, 0.25) is 23.1 Å². The van der Waals surface area contributed by atoms with Crippen molar-refractivity contribution in [1.29, 1.82) is 0 Å². The van der Waals surface area contributed by atoms with Gasteiger partial charge in [0.1, 0.15) is 11.2 Å². The molecule has 0 N–H and O–H groups in total. The van der Waals surface area contributed by atoms with Crippen LogP contribution >= 0.6 is 0 Å². The molecule has 0 radical (unpaired) electrons. The normalized spacial score (nSPS) is 13.4. The summed E-state index contributed by atoms with van der Waals surface area (Å²) in [5.74, 6) is -2.15. The van der Waals surface area contributed by atoms with Crippen LogP contribution in [0.1, 0.15) is 81.1 Å². The maximum atomic E-state index is 12.2. The van der Waals surface area contributed by atoms with E-state index in [1.54, 1.807) is 27.7 Å². The summed E-state index contributed by atoms with van der Waals surface area (Å²) >= 11 is 0. The van der Waals surface area contributed by atoms with E-state index in [1.165, 1.54) is 13.8 Å². The van der Waals surface area contributed by atoms with E-state index in [4.69, 9.17) is 19.6 Å². The first kappa shape index (κ1) is 31.5. The summed E-state index contributed by atoms with van der Waals surface area (Å²) in [6.45, 7) is 20.6. The molecule has 0 aromatic carbocycles. The molecule has 0 rings (SSSR count). The van der Waals surface area contributed by atoms with E-state index in [-0.39, 0.29) is 11.5 Å². The van der Waals surface area contributed by atoms with Gasteiger partial charge in [-0.1, -0.05) is 26.7 Å². The largest absolute Gasteiger partial charge is 0.573 e. The molecule has 0 amide bonds. The summed E-state index contributed by atoms with van der Waals surface area (Å²) in [4.78, 5) is 74.2. The highest BCUT2D eigenvalue weighted by atomic mass is 17.3. The maximum absolute atomic E-state index is 12.2. The number of hydrogen-bond donors (Lipinski definition) is 0. The van der Waals surface area contributed by atoms with Gasteiger partial charge in [-0.05, 0) is 67.5 Å². The Labute approximate surface area is 200 Å². The van der Waals surface area contributed by atoms with Crippen molar-refractivity contribution < 1.29 is 53.5 Å². The Morgan fingerprint density at radius 2 is 1.00 bits per heavy atom. The molecule has 0 bridgehead atoms. The predicted molar refractivity (Wildman–Crippen MR) is 119 cm³/mol. The van der Waals surface area contributed by atoms with Gasteiger partial charge < -0.3 is 9.78 Å². The quantitative estimate of drug-likeness (QED) is 0.111. The van der Waals surface area contributed by atoms with Crippen LogP contribution in [0.2, 0.25) is 0 Å². The van der Waals surface area contributed by atoms with E-state index in [2.05, 4.69) is 32.7 Å². The lowest BCUT2D eigenvalue weighted by Crippen LogP contribution is -2.30. The molecule has 196 valence electrons. The number of rotatable bonds is 18.